The van der Waals surface area contributed by atoms with E-state index in [-0.39, 0.29) is 41.8 Å². The van der Waals surface area contributed by atoms with Gasteiger partial charge < -0.3 is 20.3 Å². The van der Waals surface area contributed by atoms with Gasteiger partial charge in [-0.05, 0) is 38.0 Å². The topological polar surface area (TPSA) is 130 Å². The molecule has 0 aromatic heterocycles. The van der Waals surface area contributed by atoms with Crippen molar-refractivity contribution in [3.8, 4) is 0 Å². The average Bonchev–Trinajstić information content (AvgIpc) is 2.44. The molecule has 8 nitrogen and oxygen atoms in total. The highest BCUT2D eigenvalue weighted by Gasteiger charge is 2.23. The molecule has 24 heavy (non-hydrogen) atoms. The van der Waals surface area contributed by atoms with Crippen LogP contribution in [0.4, 0.5) is 5.69 Å². The van der Waals surface area contributed by atoms with E-state index in [2.05, 4.69) is 5.32 Å². The Morgan fingerprint density at radius 3 is 2.12 bits per heavy atom. The van der Waals surface area contributed by atoms with Crippen LogP contribution >= 0.6 is 0 Å². The summed E-state index contributed by atoms with van der Waals surface area (Å²) in [6, 6.07) is 1.29. The maximum atomic E-state index is 11.9. The molecule has 0 spiro atoms. The molecule has 0 aliphatic heterocycles. The zero-order chi connectivity index (χ0) is 18.4. The van der Waals surface area contributed by atoms with E-state index < -0.39 is 23.8 Å². The van der Waals surface area contributed by atoms with Crippen molar-refractivity contribution in [1.82, 2.24) is 0 Å². The van der Waals surface area contributed by atoms with Crippen molar-refractivity contribution in [2.45, 2.75) is 33.6 Å². The molecule has 0 aliphatic rings. The zero-order valence-corrected chi connectivity index (χ0v) is 13.6. The lowest BCUT2D eigenvalue weighted by Crippen LogP contribution is -2.19. The van der Waals surface area contributed by atoms with E-state index in [9.17, 15) is 29.4 Å². The number of aryl methyl sites for hydroxylation is 1. The summed E-state index contributed by atoms with van der Waals surface area (Å²) in [7, 11) is 0. The van der Waals surface area contributed by atoms with Crippen LogP contribution in [-0.2, 0) is 14.3 Å². The van der Waals surface area contributed by atoms with Crippen molar-refractivity contribution in [3.63, 3.8) is 0 Å². The first-order valence-electron chi connectivity index (χ1n) is 7.25. The predicted octanol–water partition coefficient (Wildman–Crippen LogP) is 1.98. The van der Waals surface area contributed by atoms with Gasteiger partial charge in [-0.2, -0.15) is 0 Å². The van der Waals surface area contributed by atoms with Gasteiger partial charge in [-0.15, -0.1) is 0 Å². The van der Waals surface area contributed by atoms with E-state index in [0.29, 0.717) is 5.56 Å². The van der Waals surface area contributed by atoms with Crippen LogP contribution in [0.5, 0.6) is 0 Å². The van der Waals surface area contributed by atoms with Crippen LogP contribution in [0.15, 0.2) is 6.07 Å². The van der Waals surface area contributed by atoms with E-state index in [1.165, 1.54) is 19.9 Å². The Balaban J connectivity index is 3.07. The van der Waals surface area contributed by atoms with E-state index in [4.69, 9.17) is 4.74 Å². The van der Waals surface area contributed by atoms with Crippen molar-refractivity contribution in [2.24, 2.45) is 0 Å². The molecule has 1 aromatic carbocycles. The quantitative estimate of drug-likeness (QED) is 0.648. The number of ether oxygens (including phenoxy) is 1. The van der Waals surface area contributed by atoms with Crippen LogP contribution in [0.2, 0.25) is 0 Å². The molecule has 8 heteroatoms. The van der Waals surface area contributed by atoms with E-state index in [1.54, 1.807) is 6.92 Å². The first-order chi connectivity index (χ1) is 11.2. The molecular weight excluding hydrogens is 318 g/mol. The summed E-state index contributed by atoms with van der Waals surface area (Å²) in [5.41, 5.74) is -0.0304. The molecule has 1 aromatic rings. The number of carbonyl (C=O) groups excluding carboxylic acids is 2. The maximum absolute atomic E-state index is 11.9. The molecule has 130 valence electrons. The summed E-state index contributed by atoms with van der Waals surface area (Å²) in [5.74, 6) is -3.68. The molecule has 0 saturated carbocycles. The third-order valence-electron chi connectivity index (χ3n) is 3.34. The second-order valence-electron chi connectivity index (χ2n) is 5.08. The lowest BCUT2D eigenvalue weighted by molar-refractivity contribution is -0.144. The molecule has 0 aliphatic carbocycles. The van der Waals surface area contributed by atoms with Crippen LogP contribution < -0.4 is 5.32 Å². The van der Waals surface area contributed by atoms with Gasteiger partial charge in [0.25, 0.3) is 0 Å². The monoisotopic (exact) mass is 337 g/mol. The summed E-state index contributed by atoms with van der Waals surface area (Å²) in [4.78, 5) is 45.9. The molecular formula is C16H19NO7. The molecule has 0 bridgehead atoms. The van der Waals surface area contributed by atoms with Crippen LogP contribution in [0.3, 0.4) is 0 Å². The Kier molecular flexibility index (Phi) is 6.46. The normalized spacial score (nSPS) is 10.1. The number of anilines is 1. The van der Waals surface area contributed by atoms with Crippen LogP contribution in [-0.4, -0.2) is 40.6 Å². The van der Waals surface area contributed by atoms with Crippen LogP contribution in [0, 0.1) is 13.8 Å². The Hall–Kier alpha value is -2.90. The van der Waals surface area contributed by atoms with Crippen molar-refractivity contribution >= 4 is 29.5 Å². The van der Waals surface area contributed by atoms with Gasteiger partial charge in [0.15, 0.2) is 0 Å². The Labute approximate surface area is 138 Å². The molecule has 0 atom stereocenters. The number of rotatable bonds is 7. The van der Waals surface area contributed by atoms with E-state index in [1.807, 2.05) is 0 Å². The number of carbonyl (C=O) groups is 4. The third-order valence-corrected chi connectivity index (χ3v) is 3.34. The van der Waals surface area contributed by atoms with Gasteiger partial charge in [0.05, 0.1) is 29.8 Å². The summed E-state index contributed by atoms with van der Waals surface area (Å²) in [5, 5.41) is 20.9. The van der Waals surface area contributed by atoms with Crippen LogP contribution in [0.25, 0.3) is 0 Å². The van der Waals surface area contributed by atoms with E-state index in [0.717, 1.165) is 0 Å². The molecule has 0 radical (unpaired) electrons. The summed E-state index contributed by atoms with van der Waals surface area (Å²) >= 11 is 0. The zero-order valence-electron chi connectivity index (χ0n) is 13.6. The highest BCUT2D eigenvalue weighted by molar-refractivity contribution is 6.05. The minimum atomic E-state index is -1.35. The summed E-state index contributed by atoms with van der Waals surface area (Å²) in [6.07, 6.45) is -0.302. The molecule has 3 N–H and O–H groups in total. The van der Waals surface area contributed by atoms with Crippen LogP contribution in [0.1, 0.15) is 51.6 Å². The number of benzene rings is 1. The van der Waals surface area contributed by atoms with Gasteiger partial charge in [0.1, 0.15) is 0 Å². The molecule has 0 heterocycles. The number of amides is 1. The first kappa shape index (κ1) is 19.1. The van der Waals surface area contributed by atoms with Crippen molar-refractivity contribution in [3.05, 3.63) is 28.3 Å². The van der Waals surface area contributed by atoms with Gasteiger partial charge in [-0.3, -0.25) is 9.59 Å². The fourth-order valence-corrected chi connectivity index (χ4v) is 2.35. The molecule has 1 rings (SSSR count). The second kappa shape index (κ2) is 8.09. The van der Waals surface area contributed by atoms with Crippen molar-refractivity contribution in [2.75, 3.05) is 11.9 Å². The number of nitrogens with one attached hydrogen (secondary N) is 1. The van der Waals surface area contributed by atoms with Crippen molar-refractivity contribution in [1.29, 1.82) is 0 Å². The minimum absolute atomic E-state index is 0.00337. The van der Waals surface area contributed by atoms with Gasteiger partial charge >= 0.3 is 17.9 Å². The highest BCUT2D eigenvalue weighted by Crippen LogP contribution is 2.27. The lowest BCUT2D eigenvalue weighted by atomic mass is 9.95. The SMILES string of the molecule is CCOC(=O)CCC(=O)Nc1cc(C)c(C(=O)O)c(C)c1C(=O)O. The second-order valence-corrected chi connectivity index (χ2v) is 5.08. The lowest BCUT2D eigenvalue weighted by Gasteiger charge is -2.15. The fraction of sp³-hybridized carbons (Fsp3) is 0.375. The summed E-state index contributed by atoms with van der Waals surface area (Å²) < 4.78 is 4.71. The predicted molar refractivity (Wildman–Crippen MR) is 84.3 cm³/mol. The number of esters is 1. The number of carboxylic acids is 2. The number of hydrogen-bond acceptors (Lipinski definition) is 5. The van der Waals surface area contributed by atoms with Crippen molar-refractivity contribution < 1.29 is 34.1 Å². The largest absolute Gasteiger partial charge is 0.478 e. The Morgan fingerprint density at radius 2 is 1.62 bits per heavy atom. The third kappa shape index (κ3) is 4.55. The number of aromatic carboxylic acids is 2. The average molecular weight is 337 g/mol. The van der Waals surface area contributed by atoms with Gasteiger partial charge in [0.2, 0.25) is 5.91 Å². The van der Waals surface area contributed by atoms with Gasteiger partial charge in [-0.25, -0.2) is 9.59 Å². The number of hydrogen-bond donors (Lipinski definition) is 3. The first-order valence-corrected chi connectivity index (χ1v) is 7.25. The standard InChI is InChI=1S/C16H19NO7/c1-4-24-12(19)6-5-11(18)17-10-7-8(2)13(15(20)21)9(3)14(10)16(22)23/h7H,4-6H2,1-3H3,(H,17,18)(H,20,21)(H,22,23). The minimum Gasteiger partial charge on any atom is -0.478 e. The fourth-order valence-electron chi connectivity index (χ4n) is 2.35. The smallest absolute Gasteiger partial charge is 0.338 e. The molecule has 0 unspecified atom stereocenters. The summed E-state index contributed by atoms with van der Waals surface area (Å²) in [6.45, 7) is 4.73. The van der Waals surface area contributed by atoms with E-state index >= 15 is 0 Å². The number of carboxylic acid groups (broad SMARTS) is 2. The van der Waals surface area contributed by atoms with Gasteiger partial charge in [0, 0.05) is 6.42 Å². The van der Waals surface area contributed by atoms with Gasteiger partial charge in [-0.1, -0.05) is 0 Å². The molecule has 0 saturated heterocycles. The highest BCUT2D eigenvalue weighted by atomic mass is 16.5. The maximum Gasteiger partial charge on any atom is 0.338 e. The Morgan fingerprint density at radius 1 is 1.04 bits per heavy atom. The molecule has 1 amide bonds. The molecule has 0 fully saturated rings. The Bertz CT molecular complexity index is 694.